The zero-order valence-corrected chi connectivity index (χ0v) is 13.9. The molecule has 2 N–H and O–H groups in total. The molecule has 0 spiro atoms. The van der Waals surface area contributed by atoms with Crippen molar-refractivity contribution in [2.24, 2.45) is 0 Å². The van der Waals surface area contributed by atoms with E-state index in [9.17, 15) is 17.6 Å². The van der Waals surface area contributed by atoms with Gasteiger partial charge in [0, 0.05) is 19.5 Å². The van der Waals surface area contributed by atoms with Gasteiger partial charge in [0.1, 0.15) is 10.0 Å². The van der Waals surface area contributed by atoms with Crippen molar-refractivity contribution in [3.05, 3.63) is 53.2 Å². The number of sulfonamides is 1. The Morgan fingerprint density at radius 1 is 1.17 bits per heavy atom. The molecular formula is C15H17FN2O3S2. The quantitative estimate of drug-likeness (QED) is 0.759. The molecule has 1 heterocycles. The molecule has 0 radical (unpaired) electrons. The normalized spacial score (nSPS) is 11.3. The number of rotatable bonds is 8. The van der Waals surface area contributed by atoms with E-state index in [0.717, 1.165) is 16.9 Å². The molecule has 0 aliphatic carbocycles. The highest BCUT2D eigenvalue weighted by Crippen LogP contribution is 2.14. The van der Waals surface area contributed by atoms with Crippen LogP contribution in [0.15, 0.2) is 46.0 Å². The number of carbonyl (C=O) groups is 1. The average molecular weight is 356 g/mol. The summed E-state index contributed by atoms with van der Waals surface area (Å²) in [6, 6.07) is 9.34. The summed E-state index contributed by atoms with van der Waals surface area (Å²) in [7, 11) is -3.53. The molecule has 5 nitrogen and oxygen atoms in total. The standard InChI is InChI=1S/C15H17FN2O3S2/c16-13-4-1-3-12(11-13)6-8-17-14(19)7-9-18-23(20,21)15-5-2-10-22-15/h1-5,10-11,18H,6-9H2,(H,17,19). The average Bonchev–Trinajstić information content (AvgIpc) is 3.02. The van der Waals surface area contributed by atoms with Gasteiger partial charge < -0.3 is 5.32 Å². The Bertz CT molecular complexity index is 746. The minimum atomic E-state index is -3.53. The van der Waals surface area contributed by atoms with Crippen LogP contribution in [0.25, 0.3) is 0 Å². The van der Waals surface area contributed by atoms with E-state index < -0.39 is 10.0 Å². The second kappa shape index (κ2) is 8.19. The highest BCUT2D eigenvalue weighted by molar-refractivity contribution is 7.91. The van der Waals surface area contributed by atoms with Crippen molar-refractivity contribution < 1.29 is 17.6 Å². The summed E-state index contributed by atoms with van der Waals surface area (Å²) < 4.78 is 39.3. The SMILES string of the molecule is O=C(CCNS(=O)(=O)c1cccs1)NCCc1cccc(F)c1. The Labute approximate surface area is 138 Å². The fourth-order valence-corrected chi connectivity index (χ4v) is 3.98. The van der Waals surface area contributed by atoms with Crippen LogP contribution in [-0.4, -0.2) is 27.4 Å². The lowest BCUT2D eigenvalue weighted by atomic mass is 10.1. The Hall–Kier alpha value is -1.77. The van der Waals surface area contributed by atoms with Gasteiger partial charge in [-0.15, -0.1) is 11.3 Å². The molecule has 2 rings (SSSR count). The predicted molar refractivity (Wildman–Crippen MR) is 87.2 cm³/mol. The summed E-state index contributed by atoms with van der Waals surface area (Å²) in [6.45, 7) is 0.409. The van der Waals surface area contributed by atoms with Crippen LogP contribution >= 0.6 is 11.3 Å². The molecule has 0 unspecified atom stereocenters. The van der Waals surface area contributed by atoms with Crippen molar-refractivity contribution in [1.82, 2.24) is 10.0 Å². The zero-order valence-electron chi connectivity index (χ0n) is 12.3. The van der Waals surface area contributed by atoms with Gasteiger partial charge in [-0.25, -0.2) is 17.5 Å². The third-order valence-corrected chi connectivity index (χ3v) is 5.89. The van der Waals surface area contributed by atoms with Gasteiger partial charge in [-0.1, -0.05) is 18.2 Å². The molecule has 0 aliphatic heterocycles. The van der Waals surface area contributed by atoms with Gasteiger partial charge in [0.25, 0.3) is 0 Å². The summed E-state index contributed by atoms with van der Waals surface area (Å²) in [4.78, 5) is 11.7. The maximum Gasteiger partial charge on any atom is 0.250 e. The third kappa shape index (κ3) is 5.74. The molecule has 0 bridgehead atoms. The first-order valence-electron chi connectivity index (χ1n) is 7.02. The van der Waals surface area contributed by atoms with Crippen LogP contribution in [0.1, 0.15) is 12.0 Å². The molecule has 0 saturated heterocycles. The maximum atomic E-state index is 13.0. The van der Waals surface area contributed by atoms with Crippen LogP contribution in [-0.2, 0) is 21.2 Å². The number of halogens is 1. The fourth-order valence-electron chi connectivity index (χ4n) is 1.91. The first-order chi connectivity index (χ1) is 11.0. The van der Waals surface area contributed by atoms with Crippen molar-refractivity contribution >= 4 is 27.3 Å². The number of thiophene rings is 1. The largest absolute Gasteiger partial charge is 0.356 e. The van der Waals surface area contributed by atoms with Gasteiger partial charge in [0.2, 0.25) is 15.9 Å². The summed E-state index contributed by atoms with van der Waals surface area (Å²) in [6.07, 6.45) is 0.568. The molecule has 0 fully saturated rings. The van der Waals surface area contributed by atoms with Gasteiger partial charge in [0.05, 0.1) is 0 Å². The minimum Gasteiger partial charge on any atom is -0.356 e. The van der Waals surface area contributed by atoms with Crippen molar-refractivity contribution in [2.45, 2.75) is 17.1 Å². The van der Waals surface area contributed by atoms with Gasteiger partial charge in [-0.3, -0.25) is 4.79 Å². The van der Waals surface area contributed by atoms with Gasteiger partial charge in [-0.05, 0) is 35.6 Å². The summed E-state index contributed by atoms with van der Waals surface area (Å²) in [5.41, 5.74) is 0.795. The smallest absolute Gasteiger partial charge is 0.250 e. The van der Waals surface area contributed by atoms with Crippen molar-refractivity contribution in [2.75, 3.05) is 13.1 Å². The highest BCUT2D eigenvalue weighted by atomic mass is 32.2. The summed E-state index contributed by atoms with van der Waals surface area (Å²) >= 11 is 1.12. The van der Waals surface area contributed by atoms with E-state index in [4.69, 9.17) is 0 Å². The van der Waals surface area contributed by atoms with Crippen LogP contribution in [0.5, 0.6) is 0 Å². The molecule has 0 atom stereocenters. The van der Waals surface area contributed by atoms with Crippen LogP contribution in [0.4, 0.5) is 4.39 Å². The lowest BCUT2D eigenvalue weighted by Crippen LogP contribution is -2.31. The predicted octanol–water partition coefficient (Wildman–Crippen LogP) is 1.91. The number of amides is 1. The molecule has 0 aliphatic rings. The van der Waals surface area contributed by atoms with Gasteiger partial charge >= 0.3 is 0 Å². The lowest BCUT2D eigenvalue weighted by molar-refractivity contribution is -0.120. The number of carbonyl (C=O) groups excluding carboxylic acids is 1. The molecule has 1 aromatic heterocycles. The van der Waals surface area contributed by atoms with Crippen LogP contribution in [0.2, 0.25) is 0 Å². The molecule has 124 valence electrons. The molecule has 1 amide bonds. The zero-order chi connectivity index (χ0) is 16.7. The molecule has 8 heteroatoms. The Morgan fingerprint density at radius 2 is 2.00 bits per heavy atom. The second-order valence-corrected chi connectivity index (χ2v) is 7.75. The Morgan fingerprint density at radius 3 is 2.70 bits per heavy atom. The summed E-state index contributed by atoms with van der Waals surface area (Å²) in [5.74, 6) is -0.563. The molecule has 23 heavy (non-hydrogen) atoms. The van der Waals surface area contributed by atoms with Crippen LogP contribution < -0.4 is 10.0 Å². The molecule has 2 aromatic rings. The van der Waals surface area contributed by atoms with E-state index in [0.29, 0.717) is 13.0 Å². The van der Waals surface area contributed by atoms with E-state index in [-0.39, 0.29) is 28.9 Å². The fraction of sp³-hybridized carbons (Fsp3) is 0.267. The minimum absolute atomic E-state index is 0.0338. The third-order valence-electron chi connectivity index (χ3n) is 3.03. The summed E-state index contributed by atoms with van der Waals surface area (Å²) in [5, 5.41) is 4.35. The highest BCUT2D eigenvalue weighted by Gasteiger charge is 2.14. The van der Waals surface area contributed by atoms with Gasteiger partial charge in [0.15, 0.2) is 0 Å². The monoisotopic (exact) mass is 356 g/mol. The number of nitrogens with one attached hydrogen (secondary N) is 2. The van der Waals surface area contributed by atoms with Crippen LogP contribution in [0.3, 0.4) is 0 Å². The second-order valence-electron chi connectivity index (χ2n) is 4.81. The maximum absolute atomic E-state index is 13.0. The first kappa shape index (κ1) is 17.6. The molecule has 0 saturated carbocycles. The van der Waals surface area contributed by atoms with E-state index in [1.807, 2.05) is 0 Å². The van der Waals surface area contributed by atoms with E-state index in [1.54, 1.807) is 23.6 Å². The van der Waals surface area contributed by atoms with E-state index in [1.165, 1.54) is 18.2 Å². The molecule has 1 aromatic carbocycles. The van der Waals surface area contributed by atoms with Crippen molar-refractivity contribution in [3.8, 4) is 0 Å². The number of hydrogen-bond donors (Lipinski definition) is 2. The van der Waals surface area contributed by atoms with Crippen molar-refractivity contribution in [1.29, 1.82) is 0 Å². The van der Waals surface area contributed by atoms with E-state index in [2.05, 4.69) is 10.0 Å². The van der Waals surface area contributed by atoms with Gasteiger partial charge in [-0.2, -0.15) is 0 Å². The van der Waals surface area contributed by atoms with Crippen molar-refractivity contribution in [3.63, 3.8) is 0 Å². The first-order valence-corrected chi connectivity index (χ1v) is 9.38. The Kier molecular flexibility index (Phi) is 6.26. The number of hydrogen-bond acceptors (Lipinski definition) is 4. The number of benzene rings is 1. The topological polar surface area (TPSA) is 75.3 Å². The van der Waals surface area contributed by atoms with E-state index >= 15 is 0 Å². The Balaban J connectivity index is 1.67. The lowest BCUT2D eigenvalue weighted by Gasteiger charge is -2.07. The molecular weight excluding hydrogens is 339 g/mol. The van der Waals surface area contributed by atoms with Crippen LogP contribution in [0, 0.1) is 5.82 Å².